The van der Waals surface area contributed by atoms with Crippen molar-refractivity contribution in [2.24, 2.45) is 0 Å². The van der Waals surface area contributed by atoms with Crippen molar-refractivity contribution in [1.29, 1.82) is 0 Å². The molecule has 1 aliphatic heterocycles. The van der Waals surface area contributed by atoms with Crippen molar-refractivity contribution in [1.82, 2.24) is 9.97 Å². The molecular weight excluding hydrogens is 334 g/mol. The van der Waals surface area contributed by atoms with Gasteiger partial charge in [0.05, 0.1) is 0 Å². The molecule has 27 heavy (non-hydrogen) atoms. The minimum Gasteiger partial charge on any atom is -0.368 e. The molecule has 1 aliphatic rings. The fourth-order valence-electron chi connectivity index (χ4n) is 3.44. The molecule has 4 rings (SSSR count). The Labute approximate surface area is 160 Å². The second-order valence-corrected chi connectivity index (χ2v) is 6.87. The number of hydrogen-bond donors (Lipinski definition) is 0. The van der Waals surface area contributed by atoms with Crippen LogP contribution in [0.4, 0.5) is 23.1 Å². The third-order valence-electron chi connectivity index (χ3n) is 5.00. The van der Waals surface area contributed by atoms with E-state index in [1.54, 1.807) is 0 Å². The van der Waals surface area contributed by atoms with Gasteiger partial charge in [0.2, 0.25) is 5.95 Å². The van der Waals surface area contributed by atoms with Crippen LogP contribution >= 0.6 is 0 Å². The minimum absolute atomic E-state index is 0.820. The molecule has 3 aromatic rings. The lowest BCUT2D eigenvalue weighted by atomic mass is 10.2. The van der Waals surface area contributed by atoms with Crippen LogP contribution in [0.3, 0.4) is 0 Å². The van der Waals surface area contributed by atoms with Gasteiger partial charge in [-0.1, -0.05) is 36.4 Å². The Morgan fingerprint density at radius 1 is 0.778 bits per heavy atom. The number of anilines is 4. The topological polar surface area (TPSA) is 35.5 Å². The Morgan fingerprint density at radius 3 is 2.04 bits per heavy atom. The summed E-state index contributed by atoms with van der Waals surface area (Å²) in [7, 11) is 2.05. The van der Waals surface area contributed by atoms with Crippen LogP contribution in [-0.4, -0.2) is 43.2 Å². The maximum atomic E-state index is 4.85. The van der Waals surface area contributed by atoms with Gasteiger partial charge in [-0.2, -0.15) is 4.98 Å². The Morgan fingerprint density at radius 2 is 1.37 bits per heavy atom. The van der Waals surface area contributed by atoms with Crippen molar-refractivity contribution in [2.75, 3.05) is 47.9 Å². The van der Waals surface area contributed by atoms with Gasteiger partial charge in [-0.15, -0.1) is 0 Å². The minimum atomic E-state index is 0.820. The molecule has 1 saturated heterocycles. The van der Waals surface area contributed by atoms with Gasteiger partial charge in [-0.3, -0.25) is 0 Å². The van der Waals surface area contributed by atoms with E-state index in [2.05, 4.69) is 57.2 Å². The van der Waals surface area contributed by atoms with Crippen LogP contribution in [0.1, 0.15) is 5.69 Å². The molecule has 0 N–H and O–H groups in total. The van der Waals surface area contributed by atoms with Gasteiger partial charge in [0.25, 0.3) is 0 Å². The summed E-state index contributed by atoms with van der Waals surface area (Å²) >= 11 is 0. The normalized spacial score (nSPS) is 14.3. The van der Waals surface area contributed by atoms with Gasteiger partial charge in [0, 0.05) is 56.4 Å². The third kappa shape index (κ3) is 3.87. The molecule has 5 nitrogen and oxygen atoms in total. The summed E-state index contributed by atoms with van der Waals surface area (Å²) in [4.78, 5) is 16.4. The fraction of sp³-hybridized carbons (Fsp3) is 0.273. The molecule has 0 atom stereocenters. The van der Waals surface area contributed by atoms with Gasteiger partial charge in [0.15, 0.2) is 0 Å². The molecule has 0 saturated carbocycles. The molecule has 1 aromatic heterocycles. The number of aryl methyl sites for hydroxylation is 1. The quantitative estimate of drug-likeness (QED) is 0.706. The lowest BCUT2D eigenvalue weighted by Gasteiger charge is -2.36. The van der Waals surface area contributed by atoms with E-state index in [1.165, 1.54) is 5.69 Å². The van der Waals surface area contributed by atoms with E-state index in [0.717, 1.165) is 49.3 Å². The van der Waals surface area contributed by atoms with Crippen LogP contribution in [0.5, 0.6) is 0 Å². The maximum Gasteiger partial charge on any atom is 0.227 e. The smallest absolute Gasteiger partial charge is 0.227 e. The van der Waals surface area contributed by atoms with Crippen molar-refractivity contribution in [3.63, 3.8) is 0 Å². The van der Waals surface area contributed by atoms with Crippen LogP contribution in [0.2, 0.25) is 0 Å². The number of nitrogens with zero attached hydrogens (tertiary/aromatic N) is 5. The first-order valence-electron chi connectivity index (χ1n) is 9.40. The van der Waals surface area contributed by atoms with Gasteiger partial charge < -0.3 is 14.7 Å². The van der Waals surface area contributed by atoms with E-state index in [0.29, 0.717) is 0 Å². The first kappa shape index (κ1) is 17.3. The standard InChI is InChI=1S/C22H25N5/c1-18-17-21(25(2)19-9-5-3-6-10-19)24-22(23-18)27-15-13-26(14-16-27)20-11-7-4-8-12-20/h3-12,17H,13-16H2,1-2H3. The molecule has 5 heteroatoms. The molecule has 0 spiro atoms. The highest BCUT2D eigenvalue weighted by Gasteiger charge is 2.20. The van der Waals surface area contributed by atoms with Gasteiger partial charge in [-0.05, 0) is 31.2 Å². The van der Waals surface area contributed by atoms with E-state index < -0.39 is 0 Å². The van der Waals surface area contributed by atoms with E-state index >= 15 is 0 Å². The second-order valence-electron chi connectivity index (χ2n) is 6.87. The van der Waals surface area contributed by atoms with E-state index in [-0.39, 0.29) is 0 Å². The number of benzene rings is 2. The third-order valence-corrected chi connectivity index (χ3v) is 5.00. The lowest BCUT2D eigenvalue weighted by molar-refractivity contribution is 0.639. The number of rotatable bonds is 4. The first-order valence-corrected chi connectivity index (χ1v) is 9.40. The lowest BCUT2D eigenvalue weighted by Crippen LogP contribution is -2.47. The molecule has 0 amide bonds. The monoisotopic (exact) mass is 359 g/mol. The molecule has 2 aromatic carbocycles. The molecule has 1 fully saturated rings. The van der Waals surface area contributed by atoms with Crippen LogP contribution in [-0.2, 0) is 0 Å². The van der Waals surface area contributed by atoms with E-state index in [1.807, 2.05) is 38.2 Å². The van der Waals surface area contributed by atoms with Crippen LogP contribution < -0.4 is 14.7 Å². The van der Waals surface area contributed by atoms with Crippen LogP contribution in [0.15, 0.2) is 66.7 Å². The molecule has 0 bridgehead atoms. The number of piperazine rings is 1. The average molecular weight is 359 g/mol. The summed E-state index contributed by atoms with van der Waals surface area (Å²) in [6.45, 7) is 5.84. The largest absolute Gasteiger partial charge is 0.368 e. The van der Waals surface area contributed by atoms with Gasteiger partial charge in [0.1, 0.15) is 5.82 Å². The van der Waals surface area contributed by atoms with Crippen molar-refractivity contribution in [3.8, 4) is 0 Å². The maximum absolute atomic E-state index is 4.85. The second kappa shape index (κ2) is 7.66. The summed E-state index contributed by atoms with van der Waals surface area (Å²) < 4.78 is 0. The number of aromatic nitrogens is 2. The molecule has 0 unspecified atom stereocenters. The Hall–Kier alpha value is -3.08. The van der Waals surface area contributed by atoms with Crippen molar-refractivity contribution in [3.05, 3.63) is 72.4 Å². The summed E-state index contributed by atoms with van der Waals surface area (Å²) in [6, 6.07) is 22.9. The molecular formula is C22H25N5. The predicted octanol–water partition coefficient (Wildman–Crippen LogP) is 3.88. The average Bonchev–Trinajstić information content (AvgIpc) is 2.74. The van der Waals surface area contributed by atoms with Crippen LogP contribution in [0, 0.1) is 6.92 Å². The number of para-hydroxylation sites is 2. The highest BCUT2D eigenvalue weighted by molar-refractivity contribution is 5.60. The van der Waals surface area contributed by atoms with Crippen molar-refractivity contribution in [2.45, 2.75) is 6.92 Å². The van der Waals surface area contributed by atoms with E-state index in [4.69, 9.17) is 9.97 Å². The molecule has 138 valence electrons. The van der Waals surface area contributed by atoms with E-state index in [9.17, 15) is 0 Å². The molecule has 0 radical (unpaired) electrons. The predicted molar refractivity (Wildman–Crippen MR) is 112 cm³/mol. The summed E-state index contributed by atoms with van der Waals surface area (Å²) in [6.07, 6.45) is 0. The fourth-order valence-corrected chi connectivity index (χ4v) is 3.44. The zero-order valence-electron chi connectivity index (χ0n) is 15.9. The summed E-state index contributed by atoms with van der Waals surface area (Å²) in [5.41, 5.74) is 3.39. The summed E-state index contributed by atoms with van der Waals surface area (Å²) in [5.74, 6) is 1.75. The Kier molecular flexibility index (Phi) is 4.92. The van der Waals surface area contributed by atoms with Crippen molar-refractivity contribution < 1.29 is 0 Å². The van der Waals surface area contributed by atoms with Crippen molar-refractivity contribution >= 4 is 23.1 Å². The van der Waals surface area contributed by atoms with Gasteiger partial charge in [-0.25, -0.2) is 4.98 Å². The molecule has 0 aliphatic carbocycles. The highest BCUT2D eigenvalue weighted by atomic mass is 15.3. The summed E-state index contributed by atoms with van der Waals surface area (Å²) in [5, 5.41) is 0. The SMILES string of the molecule is Cc1cc(N(C)c2ccccc2)nc(N2CCN(c3ccccc3)CC2)n1. The number of hydrogen-bond acceptors (Lipinski definition) is 5. The highest BCUT2D eigenvalue weighted by Crippen LogP contribution is 2.25. The van der Waals surface area contributed by atoms with Crippen LogP contribution in [0.25, 0.3) is 0 Å². The first-order chi connectivity index (χ1) is 13.2. The Balaban J connectivity index is 1.51. The zero-order valence-corrected chi connectivity index (χ0v) is 15.9. The Bertz CT molecular complexity index is 874. The van der Waals surface area contributed by atoms with Gasteiger partial charge >= 0.3 is 0 Å². The molecule has 2 heterocycles. The zero-order chi connectivity index (χ0) is 18.6.